The highest BCUT2D eigenvalue weighted by molar-refractivity contribution is 5.41. The second-order valence-electron chi connectivity index (χ2n) is 2.99. The minimum absolute atomic E-state index is 0.0557. The van der Waals surface area contributed by atoms with Crippen LogP contribution in [0.1, 0.15) is 28.9 Å². The highest BCUT2D eigenvalue weighted by atomic mass is 19.4. The minimum atomic E-state index is -5.02. The molecule has 0 aliphatic rings. The molecule has 0 bridgehead atoms. The second-order valence-corrected chi connectivity index (χ2v) is 2.99. The molecule has 0 unspecified atom stereocenters. The van der Waals surface area contributed by atoms with Gasteiger partial charge in [-0.15, -0.1) is 0 Å². The van der Waals surface area contributed by atoms with Gasteiger partial charge >= 0.3 is 6.18 Å². The van der Waals surface area contributed by atoms with E-state index in [1.54, 1.807) is 0 Å². The fourth-order valence-corrected chi connectivity index (χ4v) is 1.25. The molecule has 0 amide bonds. The zero-order chi connectivity index (χ0) is 12.5. The van der Waals surface area contributed by atoms with Crippen LogP contribution in [-0.2, 0) is 6.18 Å². The lowest BCUT2D eigenvalue weighted by atomic mass is 10.1. The van der Waals surface area contributed by atoms with Gasteiger partial charge in [-0.25, -0.2) is 13.8 Å². The first-order chi connectivity index (χ1) is 7.27. The zero-order valence-corrected chi connectivity index (χ0v) is 7.94. The topological polar surface area (TPSA) is 36.7 Å². The van der Waals surface area contributed by atoms with E-state index in [-0.39, 0.29) is 5.69 Å². The molecule has 1 heterocycles. The Morgan fingerprint density at radius 1 is 1.38 bits per heavy atom. The van der Waals surface area contributed by atoms with Gasteiger partial charge < -0.3 is 0 Å². The molecule has 0 radical (unpaired) electrons. The van der Waals surface area contributed by atoms with E-state index in [1.165, 1.54) is 13.0 Å². The molecule has 86 valence electrons. The molecular formula is C9H5F5N2. The molecular weight excluding hydrogens is 231 g/mol. The molecule has 0 atom stereocenters. The average molecular weight is 236 g/mol. The predicted molar refractivity (Wildman–Crippen MR) is 43.6 cm³/mol. The molecule has 0 aliphatic carbocycles. The normalized spacial score (nSPS) is 11.6. The van der Waals surface area contributed by atoms with E-state index in [0.29, 0.717) is 6.07 Å². The van der Waals surface area contributed by atoms with Gasteiger partial charge in [0.2, 0.25) is 0 Å². The van der Waals surface area contributed by atoms with Crippen LogP contribution in [0.15, 0.2) is 6.07 Å². The van der Waals surface area contributed by atoms with Crippen LogP contribution >= 0.6 is 0 Å². The number of pyridine rings is 1. The number of aryl methyl sites for hydroxylation is 1. The number of rotatable bonds is 1. The first-order valence-corrected chi connectivity index (χ1v) is 4.04. The summed E-state index contributed by atoms with van der Waals surface area (Å²) >= 11 is 0. The van der Waals surface area contributed by atoms with Crippen LogP contribution in [0, 0.1) is 18.3 Å². The summed E-state index contributed by atoms with van der Waals surface area (Å²) in [5.74, 6) is 0. The van der Waals surface area contributed by atoms with E-state index in [4.69, 9.17) is 5.26 Å². The third kappa shape index (κ3) is 2.27. The van der Waals surface area contributed by atoms with Gasteiger partial charge in [-0.05, 0) is 13.0 Å². The van der Waals surface area contributed by atoms with Crippen LogP contribution in [0.2, 0.25) is 0 Å². The maximum Gasteiger partial charge on any atom is 0.419 e. The summed E-state index contributed by atoms with van der Waals surface area (Å²) in [7, 11) is 0. The Labute approximate surface area is 87.3 Å². The van der Waals surface area contributed by atoms with Crippen molar-refractivity contribution in [2.75, 3.05) is 0 Å². The SMILES string of the molecule is Cc1cc(C(F)F)c(C(F)(F)F)c(C#N)n1. The summed E-state index contributed by atoms with van der Waals surface area (Å²) in [4.78, 5) is 3.29. The zero-order valence-electron chi connectivity index (χ0n) is 7.94. The molecule has 2 nitrogen and oxygen atoms in total. The molecule has 0 saturated carbocycles. The Bertz CT molecular complexity index is 444. The van der Waals surface area contributed by atoms with Gasteiger partial charge in [-0.1, -0.05) is 0 Å². The monoisotopic (exact) mass is 236 g/mol. The quantitative estimate of drug-likeness (QED) is 0.702. The molecule has 0 spiro atoms. The van der Waals surface area contributed by atoms with Gasteiger partial charge in [-0.3, -0.25) is 0 Å². The minimum Gasteiger partial charge on any atom is -0.242 e. The standard InChI is InChI=1S/C9H5F5N2/c1-4-2-5(8(10)11)7(9(12,13)14)6(3-15)16-4/h2,8H,1H3. The van der Waals surface area contributed by atoms with Crippen molar-refractivity contribution in [1.82, 2.24) is 4.98 Å². The number of hydrogen-bond donors (Lipinski definition) is 0. The van der Waals surface area contributed by atoms with Gasteiger partial charge in [-0.2, -0.15) is 18.4 Å². The molecule has 1 rings (SSSR count). The van der Waals surface area contributed by atoms with Gasteiger partial charge in [0.25, 0.3) is 6.43 Å². The van der Waals surface area contributed by atoms with Crippen LogP contribution in [0.25, 0.3) is 0 Å². The fourth-order valence-electron chi connectivity index (χ4n) is 1.25. The highest BCUT2D eigenvalue weighted by Gasteiger charge is 2.39. The Kier molecular flexibility index (Phi) is 3.12. The molecule has 7 heteroatoms. The molecule has 0 fully saturated rings. The molecule has 0 saturated heterocycles. The molecule has 16 heavy (non-hydrogen) atoms. The van der Waals surface area contributed by atoms with E-state index >= 15 is 0 Å². The lowest BCUT2D eigenvalue weighted by molar-refractivity contribution is -0.140. The van der Waals surface area contributed by atoms with Crippen LogP contribution in [0.5, 0.6) is 0 Å². The van der Waals surface area contributed by atoms with Crippen LogP contribution < -0.4 is 0 Å². The molecule has 1 aromatic heterocycles. The maximum absolute atomic E-state index is 12.5. The second kappa shape index (κ2) is 4.04. The third-order valence-corrected chi connectivity index (χ3v) is 1.80. The van der Waals surface area contributed by atoms with Crippen molar-refractivity contribution in [1.29, 1.82) is 5.26 Å². The summed E-state index contributed by atoms with van der Waals surface area (Å²) in [6.45, 7) is 1.24. The molecule has 0 N–H and O–H groups in total. The maximum atomic E-state index is 12.5. The summed E-state index contributed by atoms with van der Waals surface area (Å²) in [5.41, 5.74) is -3.95. The first kappa shape index (κ1) is 12.4. The predicted octanol–water partition coefficient (Wildman–Crippen LogP) is 3.22. The first-order valence-electron chi connectivity index (χ1n) is 4.04. The number of aromatic nitrogens is 1. The number of nitriles is 1. The van der Waals surface area contributed by atoms with Gasteiger partial charge in [0.15, 0.2) is 5.69 Å². The van der Waals surface area contributed by atoms with Crippen molar-refractivity contribution in [2.45, 2.75) is 19.5 Å². The Balaban J connectivity index is 3.60. The van der Waals surface area contributed by atoms with Crippen molar-refractivity contribution in [3.63, 3.8) is 0 Å². The van der Waals surface area contributed by atoms with E-state index in [0.717, 1.165) is 0 Å². The summed E-state index contributed by atoms with van der Waals surface area (Å²) in [5, 5.41) is 8.46. The van der Waals surface area contributed by atoms with Crippen LogP contribution in [-0.4, -0.2) is 4.98 Å². The molecule has 0 aromatic carbocycles. The van der Waals surface area contributed by atoms with E-state index in [9.17, 15) is 22.0 Å². The van der Waals surface area contributed by atoms with Gasteiger partial charge in [0, 0.05) is 11.3 Å². The molecule has 1 aromatic rings. The number of halogens is 5. The number of hydrogen-bond acceptors (Lipinski definition) is 2. The summed E-state index contributed by atoms with van der Waals surface area (Å²) in [6, 6.07) is 1.81. The van der Waals surface area contributed by atoms with Crippen LogP contribution in [0.3, 0.4) is 0 Å². The Morgan fingerprint density at radius 3 is 2.31 bits per heavy atom. The van der Waals surface area contributed by atoms with Crippen molar-refractivity contribution < 1.29 is 22.0 Å². The van der Waals surface area contributed by atoms with Crippen molar-refractivity contribution in [3.05, 3.63) is 28.6 Å². The lowest BCUT2D eigenvalue weighted by Crippen LogP contribution is -2.14. The van der Waals surface area contributed by atoms with Crippen molar-refractivity contribution >= 4 is 0 Å². The Hall–Kier alpha value is -1.71. The Morgan fingerprint density at radius 2 is 1.94 bits per heavy atom. The van der Waals surface area contributed by atoms with E-state index in [2.05, 4.69) is 4.98 Å². The van der Waals surface area contributed by atoms with Crippen molar-refractivity contribution in [2.24, 2.45) is 0 Å². The van der Waals surface area contributed by atoms with Crippen molar-refractivity contribution in [3.8, 4) is 6.07 Å². The third-order valence-electron chi connectivity index (χ3n) is 1.80. The smallest absolute Gasteiger partial charge is 0.242 e. The van der Waals surface area contributed by atoms with Crippen LogP contribution in [0.4, 0.5) is 22.0 Å². The van der Waals surface area contributed by atoms with E-state index in [1.807, 2.05) is 0 Å². The van der Waals surface area contributed by atoms with Gasteiger partial charge in [0.05, 0.1) is 0 Å². The summed E-state index contributed by atoms with van der Waals surface area (Å²) < 4.78 is 62.2. The highest BCUT2D eigenvalue weighted by Crippen LogP contribution is 2.38. The lowest BCUT2D eigenvalue weighted by Gasteiger charge is -2.13. The molecule has 0 aliphatic heterocycles. The fraction of sp³-hybridized carbons (Fsp3) is 0.333. The largest absolute Gasteiger partial charge is 0.419 e. The van der Waals surface area contributed by atoms with E-state index < -0.39 is 29.4 Å². The van der Waals surface area contributed by atoms with Gasteiger partial charge in [0.1, 0.15) is 11.6 Å². The number of nitrogens with zero attached hydrogens (tertiary/aromatic N) is 2. The average Bonchev–Trinajstić information content (AvgIpc) is 2.14. The number of alkyl halides is 5. The summed E-state index contributed by atoms with van der Waals surface area (Å²) in [6.07, 6.45) is -8.32.